The summed E-state index contributed by atoms with van der Waals surface area (Å²) in [6.45, 7) is 6.26. The van der Waals surface area contributed by atoms with Gasteiger partial charge in [0.05, 0.1) is 19.2 Å². The minimum atomic E-state index is -4.60. The normalized spacial score (nSPS) is 19.2. The average Bonchev–Trinajstić information content (AvgIpc) is 3.14. The maximum absolute atomic E-state index is 14.2. The topological polar surface area (TPSA) is 113 Å². The number of pyridine rings is 1. The first-order chi connectivity index (χ1) is 25.6. The zero-order valence-corrected chi connectivity index (χ0v) is 31.8. The number of aromatic nitrogens is 1. The first-order valence-corrected chi connectivity index (χ1v) is 18.9. The van der Waals surface area contributed by atoms with E-state index in [-0.39, 0.29) is 48.0 Å². The Labute approximate surface area is 318 Å². The van der Waals surface area contributed by atoms with Crippen molar-refractivity contribution in [1.29, 1.82) is 0 Å². The summed E-state index contributed by atoms with van der Waals surface area (Å²) in [5.74, 6) is -0.283. The molecule has 6 rings (SSSR count). The minimum Gasteiger partial charge on any atom is -0.496 e. The zero-order valence-electron chi connectivity index (χ0n) is 31.1. The molecule has 2 N–H and O–H groups in total. The Balaban J connectivity index is 1.01. The lowest BCUT2D eigenvalue weighted by Crippen LogP contribution is -2.47. The van der Waals surface area contributed by atoms with Gasteiger partial charge >= 0.3 is 6.18 Å². The predicted molar refractivity (Wildman–Crippen MR) is 201 cm³/mol. The van der Waals surface area contributed by atoms with Gasteiger partial charge in [-0.2, -0.15) is 13.2 Å². The van der Waals surface area contributed by atoms with Gasteiger partial charge in [0.15, 0.2) is 0 Å². The zero-order chi connectivity index (χ0) is 38.9. The third-order valence-electron chi connectivity index (χ3n) is 11.4. The lowest BCUT2D eigenvalue weighted by atomic mass is 9.86. The number of imide groups is 1. The van der Waals surface area contributed by atoms with Crippen LogP contribution in [0.25, 0.3) is 11.1 Å². The second-order valence-corrected chi connectivity index (χ2v) is 15.3. The number of piperidine rings is 3. The fourth-order valence-corrected chi connectivity index (χ4v) is 8.35. The molecule has 0 aliphatic carbocycles. The molecule has 0 spiro atoms. The molecule has 3 fully saturated rings. The van der Waals surface area contributed by atoms with E-state index >= 15 is 0 Å². The van der Waals surface area contributed by atoms with Gasteiger partial charge < -0.3 is 19.5 Å². The maximum Gasteiger partial charge on any atom is 0.416 e. The average molecular weight is 770 g/mol. The van der Waals surface area contributed by atoms with Crippen molar-refractivity contribution in [2.45, 2.75) is 76.9 Å². The number of nitrogens with zero attached hydrogens (tertiary/aromatic N) is 3. The molecule has 1 aromatic heterocycles. The van der Waals surface area contributed by atoms with Crippen molar-refractivity contribution in [3.05, 3.63) is 79.7 Å². The first kappa shape index (κ1) is 39.3. The van der Waals surface area contributed by atoms with Gasteiger partial charge in [0.2, 0.25) is 17.7 Å². The summed E-state index contributed by atoms with van der Waals surface area (Å²) in [6, 6.07) is 7.18. The van der Waals surface area contributed by atoms with E-state index in [1.807, 2.05) is 32.2 Å². The SMILES string of the molecule is COc1cc(-c2cn(C)c(=O)c(C)c2C)cc(Cl)c1CC1CCN(CC(=O)N2CCC(c3ccc(NC4CCC(=O)NC4=O)cc3C(F)(F)F)CC2)CC1. The minimum absolute atomic E-state index is 0.0176. The van der Waals surface area contributed by atoms with Crippen LogP contribution in [-0.4, -0.2) is 78.0 Å². The number of carbonyl (C=O) groups is 3. The number of methoxy groups -OCH3 is 1. The summed E-state index contributed by atoms with van der Waals surface area (Å²) in [4.78, 5) is 53.2. The predicted octanol–water partition coefficient (Wildman–Crippen LogP) is 6.23. The Bertz CT molecular complexity index is 1980. The molecule has 3 aliphatic rings. The van der Waals surface area contributed by atoms with Crippen LogP contribution in [0.15, 0.2) is 41.3 Å². The van der Waals surface area contributed by atoms with Crippen LogP contribution in [0.4, 0.5) is 18.9 Å². The Morgan fingerprint density at radius 2 is 1.69 bits per heavy atom. The molecule has 0 radical (unpaired) electrons. The number of halogens is 4. The summed E-state index contributed by atoms with van der Waals surface area (Å²) in [7, 11) is 3.36. The number of anilines is 1. The van der Waals surface area contributed by atoms with Crippen LogP contribution in [0.3, 0.4) is 0 Å². The molecular weight excluding hydrogens is 723 g/mol. The van der Waals surface area contributed by atoms with Crippen molar-refractivity contribution in [3.63, 3.8) is 0 Å². The van der Waals surface area contributed by atoms with Gasteiger partial charge in [-0.05, 0) is 118 Å². The van der Waals surface area contributed by atoms with E-state index in [1.54, 1.807) is 29.7 Å². The monoisotopic (exact) mass is 769 g/mol. The quantitative estimate of drug-likeness (QED) is 0.249. The van der Waals surface area contributed by atoms with Crippen molar-refractivity contribution in [3.8, 4) is 16.9 Å². The van der Waals surface area contributed by atoms with Gasteiger partial charge in [-0.1, -0.05) is 17.7 Å². The summed E-state index contributed by atoms with van der Waals surface area (Å²) >= 11 is 6.87. The van der Waals surface area contributed by atoms with E-state index in [1.165, 1.54) is 6.07 Å². The summed E-state index contributed by atoms with van der Waals surface area (Å²) in [5, 5.41) is 5.67. The molecule has 0 saturated carbocycles. The third-order valence-corrected chi connectivity index (χ3v) is 11.7. The van der Waals surface area contributed by atoms with E-state index in [0.717, 1.165) is 60.7 Å². The number of carbonyl (C=O) groups excluding carboxylic acids is 3. The molecule has 3 saturated heterocycles. The Morgan fingerprint density at radius 1 is 0.981 bits per heavy atom. The highest BCUT2D eigenvalue weighted by molar-refractivity contribution is 6.32. The molecule has 2 aromatic carbocycles. The molecule has 0 bridgehead atoms. The highest BCUT2D eigenvalue weighted by Gasteiger charge is 2.37. The van der Waals surface area contributed by atoms with Gasteiger partial charge in [0.1, 0.15) is 11.8 Å². The Morgan fingerprint density at radius 3 is 2.33 bits per heavy atom. The molecule has 14 heteroatoms. The van der Waals surface area contributed by atoms with Gasteiger partial charge in [-0.25, -0.2) is 0 Å². The number of ether oxygens (including phenoxy) is 1. The van der Waals surface area contributed by atoms with Crippen LogP contribution in [0, 0.1) is 19.8 Å². The molecule has 290 valence electrons. The van der Waals surface area contributed by atoms with E-state index in [0.29, 0.717) is 48.2 Å². The standard InChI is InChI=1S/C40H47ClF3N5O5/c1-23-24(2)39(53)47(3)21-31(23)27-18-33(41)30(35(19-27)54-4)17-25-9-13-48(14-10-25)22-37(51)49-15-11-26(12-16-49)29-6-5-28(20-32(29)40(42,43)44)45-34-7-8-36(50)46-38(34)52/h5-6,18-21,25-26,34,45H,7-17,22H2,1-4H3,(H,46,50,52). The Kier molecular flexibility index (Phi) is 11.8. The van der Waals surface area contributed by atoms with Crippen molar-refractivity contribution >= 4 is 35.0 Å². The second kappa shape index (κ2) is 16.2. The summed E-state index contributed by atoms with van der Waals surface area (Å²) in [6.07, 6.45) is 0.872. The van der Waals surface area contributed by atoms with E-state index < -0.39 is 29.6 Å². The van der Waals surface area contributed by atoms with Crippen molar-refractivity contribution in [2.75, 3.05) is 45.2 Å². The van der Waals surface area contributed by atoms with Gasteiger partial charge in [-0.3, -0.25) is 29.4 Å². The highest BCUT2D eigenvalue weighted by Crippen LogP contribution is 2.41. The Hall–Kier alpha value is -4.36. The van der Waals surface area contributed by atoms with Crippen molar-refractivity contribution in [1.82, 2.24) is 19.7 Å². The van der Waals surface area contributed by atoms with Crippen LogP contribution in [-0.2, 0) is 34.0 Å². The molecule has 3 amide bonds. The summed E-state index contributed by atoms with van der Waals surface area (Å²) in [5.41, 5.74) is 3.90. The molecule has 54 heavy (non-hydrogen) atoms. The number of rotatable bonds is 9. The number of hydrogen-bond donors (Lipinski definition) is 2. The largest absolute Gasteiger partial charge is 0.496 e. The van der Waals surface area contributed by atoms with Gasteiger partial charge in [0.25, 0.3) is 5.56 Å². The molecule has 1 atom stereocenters. The van der Waals surface area contributed by atoms with E-state index in [2.05, 4.69) is 15.5 Å². The number of likely N-dealkylation sites (tertiary alicyclic amines) is 2. The van der Waals surface area contributed by atoms with Crippen molar-refractivity contribution < 1.29 is 32.3 Å². The van der Waals surface area contributed by atoms with Crippen LogP contribution < -0.4 is 20.9 Å². The molecule has 3 aromatic rings. The van der Waals surface area contributed by atoms with Crippen LogP contribution in [0.1, 0.15) is 72.3 Å². The number of nitrogens with one attached hydrogen (secondary N) is 2. The smallest absolute Gasteiger partial charge is 0.416 e. The number of amides is 3. The van der Waals surface area contributed by atoms with Crippen LogP contribution in [0.5, 0.6) is 5.75 Å². The first-order valence-electron chi connectivity index (χ1n) is 18.5. The fraction of sp³-hybridized carbons (Fsp3) is 0.500. The number of alkyl halides is 3. The maximum atomic E-state index is 14.2. The molecule has 10 nitrogen and oxygen atoms in total. The number of aryl methyl sites for hydroxylation is 1. The molecular formula is C40H47ClF3N5O5. The van der Waals surface area contributed by atoms with Crippen molar-refractivity contribution in [2.24, 2.45) is 13.0 Å². The summed E-state index contributed by atoms with van der Waals surface area (Å²) < 4.78 is 50.1. The number of benzene rings is 2. The van der Waals surface area contributed by atoms with E-state index in [9.17, 15) is 32.3 Å². The van der Waals surface area contributed by atoms with Gasteiger partial charge in [0, 0.05) is 60.2 Å². The molecule has 3 aliphatic heterocycles. The lowest BCUT2D eigenvalue weighted by Gasteiger charge is -2.36. The van der Waals surface area contributed by atoms with E-state index in [4.69, 9.17) is 16.3 Å². The number of hydrogen-bond acceptors (Lipinski definition) is 7. The van der Waals surface area contributed by atoms with Gasteiger partial charge in [-0.15, -0.1) is 0 Å². The lowest BCUT2D eigenvalue weighted by molar-refractivity contribution is -0.139. The second-order valence-electron chi connectivity index (χ2n) is 14.9. The third kappa shape index (κ3) is 8.62. The highest BCUT2D eigenvalue weighted by atomic mass is 35.5. The van der Waals surface area contributed by atoms with Crippen LogP contribution in [0.2, 0.25) is 5.02 Å². The molecule has 4 heterocycles. The fourth-order valence-electron chi connectivity index (χ4n) is 8.06. The van der Waals surface area contributed by atoms with Crippen LogP contribution >= 0.6 is 11.6 Å². The molecule has 1 unspecified atom stereocenters.